The van der Waals surface area contributed by atoms with Gasteiger partial charge in [-0.1, -0.05) is 84.9 Å². The lowest BCUT2D eigenvalue weighted by atomic mass is 9.95. The Bertz CT molecular complexity index is 1550. The van der Waals surface area contributed by atoms with E-state index in [1.54, 1.807) is 0 Å². The molecule has 8 nitrogen and oxygen atoms in total. The van der Waals surface area contributed by atoms with Crippen molar-refractivity contribution in [1.29, 1.82) is 0 Å². The van der Waals surface area contributed by atoms with Crippen LogP contribution in [0.4, 0.5) is 0 Å². The summed E-state index contributed by atoms with van der Waals surface area (Å²) in [5.74, 6) is -3.07. The minimum Gasteiger partial charge on any atom is -0.504 e. The molecule has 0 heterocycles. The molecule has 0 bridgehead atoms. The van der Waals surface area contributed by atoms with Gasteiger partial charge in [0.15, 0.2) is 23.0 Å². The van der Waals surface area contributed by atoms with Gasteiger partial charge >= 0.3 is 11.9 Å². The van der Waals surface area contributed by atoms with Gasteiger partial charge in [0.1, 0.15) is 11.5 Å². The van der Waals surface area contributed by atoms with Crippen LogP contribution >= 0.6 is 0 Å². The van der Waals surface area contributed by atoms with Crippen LogP contribution in [0.1, 0.15) is 11.1 Å². The molecule has 5 aromatic carbocycles. The van der Waals surface area contributed by atoms with Crippen LogP contribution in [0.3, 0.4) is 0 Å². The Labute approximate surface area is 241 Å². The topological polar surface area (TPSA) is 134 Å². The largest absolute Gasteiger partial charge is 0.504 e. The number of benzene rings is 5. The summed E-state index contributed by atoms with van der Waals surface area (Å²) >= 11 is 0. The number of phenols is 4. The normalized spacial score (nSPS) is 10.7. The van der Waals surface area contributed by atoms with Crippen molar-refractivity contribution < 1.29 is 39.5 Å². The van der Waals surface area contributed by atoms with E-state index in [0.717, 1.165) is 11.1 Å². The first-order valence-electron chi connectivity index (χ1n) is 13.0. The van der Waals surface area contributed by atoms with Crippen LogP contribution in [0.2, 0.25) is 0 Å². The summed E-state index contributed by atoms with van der Waals surface area (Å²) in [6.45, 7) is 0. The molecule has 0 radical (unpaired) electrons. The van der Waals surface area contributed by atoms with Gasteiger partial charge in [0.05, 0.1) is 24.0 Å². The highest BCUT2D eigenvalue weighted by Crippen LogP contribution is 2.55. The molecule has 5 aromatic rings. The Hall–Kier alpha value is -5.76. The number of phenolic OH excluding ortho intramolecular Hbond substituents is 4. The minimum atomic E-state index is -0.660. The van der Waals surface area contributed by atoms with Crippen LogP contribution in [-0.2, 0) is 22.4 Å². The second kappa shape index (κ2) is 12.2. The Kier molecular flexibility index (Phi) is 8.06. The molecule has 0 aliphatic carbocycles. The standard InChI is InChI=1S/C34H26O8/c35-27(19-21-7-3-1-4-8-21)41-25-15-11-23(12-16-25)29-31(37)33(39)30(34(40)32(29)38)24-13-17-26(18-14-24)42-28(36)20-22-9-5-2-6-10-22/h1-18,37-40H,19-20H2. The second-order valence-corrected chi connectivity index (χ2v) is 9.47. The van der Waals surface area contributed by atoms with E-state index in [2.05, 4.69) is 0 Å². The molecule has 42 heavy (non-hydrogen) atoms. The Balaban J connectivity index is 1.32. The molecule has 0 aliphatic heterocycles. The van der Waals surface area contributed by atoms with Gasteiger partial charge in [0.25, 0.3) is 0 Å². The number of carbonyl (C=O) groups is 2. The smallest absolute Gasteiger partial charge is 0.315 e. The summed E-state index contributed by atoms with van der Waals surface area (Å²) in [6, 6.07) is 30.0. The number of carbonyl (C=O) groups excluding carboxylic acids is 2. The third-order valence-corrected chi connectivity index (χ3v) is 6.53. The van der Waals surface area contributed by atoms with E-state index < -0.39 is 34.9 Å². The number of hydrogen-bond acceptors (Lipinski definition) is 8. The SMILES string of the molecule is O=C(Cc1ccccc1)Oc1ccc(-c2c(O)c(O)c(-c3ccc(OC(=O)Cc4ccccc4)cc3)c(O)c2O)cc1. The van der Waals surface area contributed by atoms with Crippen molar-refractivity contribution in [1.82, 2.24) is 0 Å². The predicted octanol–water partition coefficient (Wildman–Crippen LogP) is 6.14. The number of hydrogen-bond donors (Lipinski definition) is 4. The van der Waals surface area contributed by atoms with Gasteiger partial charge in [-0.2, -0.15) is 0 Å². The average molecular weight is 563 g/mol. The zero-order valence-electron chi connectivity index (χ0n) is 22.2. The maximum atomic E-state index is 12.3. The Morgan fingerprint density at radius 2 is 0.762 bits per heavy atom. The van der Waals surface area contributed by atoms with Crippen LogP contribution in [0, 0.1) is 0 Å². The fraction of sp³-hybridized carbons (Fsp3) is 0.0588. The van der Waals surface area contributed by atoms with E-state index in [-0.39, 0.29) is 46.6 Å². The van der Waals surface area contributed by atoms with Gasteiger partial charge in [-0.3, -0.25) is 9.59 Å². The Morgan fingerprint density at radius 1 is 0.452 bits per heavy atom. The summed E-state index contributed by atoms with van der Waals surface area (Å²) in [6.07, 6.45) is 0.176. The number of rotatable bonds is 8. The molecule has 0 unspecified atom stereocenters. The molecule has 0 saturated carbocycles. The average Bonchev–Trinajstić information content (AvgIpc) is 2.99. The maximum absolute atomic E-state index is 12.3. The molecule has 8 heteroatoms. The van der Waals surface area contributed by atoms with Crippen molar-refractivity contribution in [3.05, 3.63) is 120 Å². The molecule has 0 spiro atoms. The second-order valence-electron chi connectivity index (χ2n) is 9.47. The predicted molar refractivity (Wildman–Crippen MR) is 156 cm³/mol. The van der Waals surface area contributed by atoms with Crippen LogP contribution < -0.4 is 9.47 Å². The zero-order chi connectivity index (χ0) is 29.6. The van der Waals surface area contributed by atoms with Crippen LogP contribution in [0.5, 0.6) is 34.5 Å². The highest BCUT2D eigenvalue weighted by molar-refractivity contribution is 5.92. The van der Waals surface area contributed by atoms with Gasteiger partial charge < -0.3 is 29.9 Å². The van der Waals surface area contributed by atoms with E-state index in [1.807, 2.05) is 60.7 Å². The summed E-state index contributed by atoms with van der Waals surface area (Å²) in [5, 5.41) is 43.3. The molecule has 0 aliphatic rings. The quantitative estimate of drug-likeness (QED) is 0.0767. The van der Waals surface area contributed by atoms with Gasteiger partial charge in [0.2, 0.25) is 0 Å². The van der Waals surface area contributed by atoms with Gasteiger partial charge in [0, 0.05) is 0 Å². The van der Waals surface area contributed by atoms with Crippen molar-refractivity contribution in [3.8, 4) is 56.8 Å². The number of esters is 2. The molecule has 0 aromatic heterocycles. The summed E-state index contributed by atoms with van der Waals surface area (Å²) in [5.41, 5.74) is 1.71. The lowest BCUT2D eigenvalue weighted by Crippen LogP contribution is -2.11. The van der Waals surface area contributed by atoms with Gasteiger partial charge in [-0.05, 0) is 46.5 Å². The van der Waals surface area contributed by atoms with E-state index >= 15 is 0 Å². The summed E-state index contributed by atoms with van der Waals surface area (Å²) in [4.78, 5) is 24.5. The van der Waals surface area contributed by atoms with E-state index in [0.29, 0.717) is 0 Å². The molecular weight excluding hydrogens is 536 g/mol. The van der Waals surface area contributed by atoms with Crippen LogP contribution in [0.15, 0.2) is 109 Å². The highest BCUT2D eigenvalue weighted by atomic mass is 16.5. The zero-order valence-corrected chi connectivity index (χ0v) is 22.2. The first-order valence-corrected chi connectivity index (χ1v) is 13.0. The molecule has 5 rings (SSSR count). The Morgan fingerprint density at radius 3 is 1.07 bits per heavy atom. The molecule has 0 fully saturated rings. The van der Waals surface area contributed by atoms with Crippen molar-refractivity contribution in [2.75, 3.05) is 0 Å². The monoisotopic (exact) mass is 562 g/mol. The van der Waals surface area contributed by atoms with E-state index in [4.69, 9.17) is 9.47 Å². The maximum Gasteiger partial charge on any atom is 0.315 e. The van der Waals surface area contributed by atoms with E-state index in [1.165, 1.54) is 48.5 Å². The third-order valence-electron chi connectivity index (χ3n) is 6.53. The van der Waals surface area contributed by atoms with Crippen molar-refractivity contribution in [2.24, 2.45) is 0 Å². The summed E-state index contributed by atoms with van der Waals surface area (Å²) < 4.78 is 10.7. The summed E-state index contributed by atoms with van der Waals surface area (Å²) in [7, 11) is 0. The molecule has 0 atom stereocenters. The van der Waals surface area contributed by atoms with Crippen molar-refractivity contribution >= 4 is 11.9 Å². The van der Waals surface area contributed by atoms with Crippen LogP contribution in [0.25, 0.3) is 22.3 Å². The first kappa shape index (κ1) is 27.8. The molecule has 210 valence electrons. The van der Waals surface area contributed by atoms with Crippen molar-refractivity contribution in [2.45, 2.75) is 12.8 Å². The minimum absolute atomic E-state index is 0.0878. The lowest BCUT2D eigenvalue weighted by molar-refractivity contribution is -0.134. The highest BCUT2D eigenvalue weighted by Gasteiger charge is 2.25. The van der Waals surface area contributed by atoms with Crippen LogP contribution in [-0.4, -0.2) is 32.4 Å². The molecule has 0 amide bonds. The number of ether oxygens (including phenoxy) is 2. The molecule has 4 N–H and O–H groups in total. The lowest BCUT2D eigenvalue weighted by Gasteiger charge is -2.16. The fourth-order valence-corrected chi connectivity index (χ4v) is 4.48. The van der Waals surface area contributed by atoms with Gasteiger partial charge in [-0.25, -0.2) is 0 Å². The first-order chi connectivity index (χ1) is 20.3. The molecular formula is C34H26O8. The number of aromatic hydroxyl groups is 4. The fourth-order valence-electron chi connectivity index (χ4n) is 4.48. The van der Waals surface area contributed by atoms with Crippen molar-refractivity contribution in [3.63, 3.8) is 0 Å². The third kappa shape index (κ3) is 6.18. The van der Waals surface area contributed by atoms with Gasteiger partial charge in [-0.15, -0.1) is 0 Å². The van der Waals surface area contributed by atoms with E-state index in [9.17, 15) is 30.0 Å². The molecule has 0 saturated heterocycles.